The molecule has 0 heterocycles. The van der Waals surface area contributed by atoms with Gasteiger partial charge < -0.3 is 14.2 Å². The minimum absolute atomic E-state index is 0.0151. The maximum atomic E-state index is 15.6. The standard InChI is InChI=1S/C34H31FO6/c1-19(2)32(36)39-18-25-10-8-22-7-9-23(15-29(22)25)24-11-13-27(30(35)16-24)28-14-12-26(40-33(37)20(3)4)17-31(28)41-34(38)21(5)6/h7,9,11-17,25H,1,3,5,8,10,18H2,2,4,6H3. The molecule has 1 unspecified atom stereocenters. The first-order valence-corrected chi connectivity index (χ1v) is 13.1. The first-order valence-electron chi connectivity index (χ1n) is 13.1. The van der Waals surface area contributed by atoms with Crippen LogP contribution in [0.5, 0.6) is 11.5 Å². The highest BCUT2D eigenvalue weighted by atomic mass is 19.1. The third-order valence-electron chi connectivity index (χ3n) is 6.77. The monoisotopic (exact) mass is 554 g/mol. The van der Waals surface area contributed by atoms with Crippen LogP contribution in [0.3, 0.4) is 0 Å². The van der Waals surface area contributed by atoms with Crippen LogP contribution in [0.4, 0.5) is 4.39 Å². The largest absolute Gasteiger partial charge is 0.462 e. The highest BCUT2D eigenvalue weighted by Crippen LogP contribution is 2.39. The van der Waals surface area contributed by atoms with E-state index < -0.39 is 23.7 Å². The van der Waals surface area contributed by atoms with Crippen molar-refractivity contribution in [3.8, 4) is 33.8 Å². The van der Waals surface area contributed by atoms with Gasteiger partial charge in [-0.25, -0.2) is 18.8 Å². The summed E-state index contributed by atoms with van der Waals surface area (Å²) in [6, 6.07) is 15.2. The van der Waals surface area contributed by atoms with E-state index in [1.54, 1.807) is 19.1 Å². The van der Waals surface area contributed by atoms with Crippen LogP contribution in [0.1, 0.15) is 44.2 Å². The van der Waals surface area contributed by atoms with E-state index in [-0.39, 0.29) is 40.7 Å². The normalized spacial score (nSPS) is 13.6. The summed E-state index contributed by atoms with van der Waals surface area (Å²) in [7, 11) is 0. The Hall–Kier alpha value is -4.78. The number of ether oxygens (including phenoxy) is 3. The SMILES string of the molecule is C=C(C)C(=O)OCC1CCc2ccc(-c3ccc(-c4ccc(OC(=O)C(=C)C)cc4OC(=O)C(=C)C)c(F)c3)cc21. The fourth-order valence-corrected chi connectivity index (χ4v) is 4.51. The van der Waals surface area contributed by atoms with Crippen LogP contribution in [0, 0.1) is 5.82 Å². The highest BCUT2D eigenvalue weighted by molar-refractivity contribution is 5.91. The number of hydrogen-bond donors (Lipinski definition) is 0. The van der Waals surface area contributed by atoms with E-state index in [0.717, 1.165) is 24.0 Å². The van der Waals surface area contributed by atoms with E-state index in [4.69, 9.17) is 14.2 Å². The van der Waals surface area contributed by atoms with Crippen molar-refractivity contribution in [1.29, 1.82) is 0 Å². The molecule has 0 N–H and O–H groups in total. The predicted molar refractivity (Wildman–Crippen MR) is 155 cm³/mol. The zero-order valence-corrected chi connectivity index (χ0v) is 23.3. The van der Waals surface area contributed by atoms with Crippen molar-refractivity contribution in [3.63, 3.8) is 0 Å². The second-order valence-corrected chi connectivity index (χ2v) is 10.2. The molecular formula is C34H31FO6. The Morgan fingerprint density at radius 3 is 2.05 bits per heavy atom. The molecule has 1 atom stereocenters. The number of rotatable bonds is 9. The summed E-state index contributed by atoms with van der Waals surface area (Å²) in [5, 5.41) is 0. The summed E-state index contributed by atoms with van der Waals surface area (Å²) >= 11 is 0. The van der Waals surface area contributed by atoms with Crippen molar-refractivity contribution in [2.24, 2.45) is 0 Å². The van der Waals surface area contributed by atoms with Crippen molar-refractivity contribution >= 4 is 17.9 Å². The molecule has 3 aromatic rings. The Labute approximate surface area is 238 Å². The van der Waals surface area contributed by atoms with Crippen molar-refractivity contribution in [2.75, 3.05) is 6.61 Å². The predicted octanol–water partition coefficient (Wildman–Crippen LogP) is 7.27. The maximum Gasteiger partial charge on any atom is 0.338 e. The van der Waals surface area contributed by atoms with Gasteiger partial charge in [-0.05, 0) is 74.1 Å². The molecule has 1 aliphatic carbocycles. The summed E-state index contributed by atoms with van der Waals surface area (Å²) < 4.78 is 31.8. The molecule has 0 aromatic heterocycles. The van der Waals surface area contributed by atoms with Gasteiger partial charge in [-0.1, -0.05) is 50.1 Å². The minimum Gasteiger partial charge on any atom is -0.462 e. The molecule has 3 aromatic carbocycles. The number of fused-ring (bicyclic) bond motifs is 1. The van der Waals surface area contributed by atoms with Gasteiger partial charge in [-0.2, -0.15) is 0 Å². The Kier molecular flexibility index (Phi) is 8.67. The molecule has 0 aliphatic heterocycles. The van der Waals surface area contributed by atoms with E-state index in [0.29, 0.717) is 16.7 Å². The van der Waals surface area contributed by atoms with Crippen LogP contribution in [-0.2, 0) is 25.5 Å². The fourth-order valence-electron chi connectivity index (χ4n) is 4.51. The fraction of sp³-hybridized carbons (Fsp3) is 0.206. The molecule has 41 heavy (non-hydrogen) atoms. The molecule has 1 aliphatic rings. The van der Waals surface area contributed by atoms with E-state index in [2.05, 4.69) is 19.7 Å². The van der Waals surface area contributed by atoms with Crippen LogP contribution in [0.2, 0.25) is 0 Å². The summed E-state index contributed by atoms with van der Waals surface area (Å²) in [6.45, 7) is 15.7. The topological polar surface area (TPSA) is 78.9 Å². The third kappa shape index (κ3) is 6.69. The average molecular weight is 555 g/mol. The summed E-state index contributed by atoms with van der Waals surface area (Å²) in [6.07, 6.45) is 1.74. The molecule has 0 saturated carbocycles. The molecule has 210 valence electrons. The Morgan fingerprint density at radius 1 is 0.780 bits per heavy atom. The Morgan fingerprint density at radius 2 is 1.39 bits per heavy atom. The number of hydrogen-bond acceptors (Lipinski definition) is 6. The third-order valence-corrected chi connectivity index (χ3v) is 6.77. The molecule has 4 rings (SSSR count). The number of carbonyl (C=O) groups is 3. The number of carbonyl (C=O) groups excluding carboxylic acids is 3. The average Bonchev–Trinajstić information content (AvgIpc) is 3.34. The number of esters is 3. The number of aryl methyl sites for hydroxylation is 1. The molecule has 0 saturated heterocycles. The van der Waals surface area contributed by atoms with Crippen LogP contribution in [-0.4, -0.2) is 24.5 Å². The second kappa shape index (κ2) is 12.2. The van der Waals surface area contributed by atoms with Crippen molar-refractivity contribution in [2.45, 2.75) is 39.5 Å². The Balaban J connectivity index is 1.65. The van der Waals surface area contributed by atoms with Gasteiger partial charge in [0.05, 0.1) is 6.61 Å². The van der Waals surface area contributed by atoms with Crippen LogP contribution >= 0.6 is 0 Å². The Bertz CT molecular complexity index is 1600. The smallest absolute Gasteiger partial charge is 0.338 e. The zero-order valence-electron chi connectivity index (χ0n) is 23.3. The molecule has 7 heteroatoms. The quantitative estimate of drug-likeness (QED) is 0.157. The molecule has 0 radical (unpaired) electrons. The maximum absolute atomic E-state index is 15.6. The number of benzene rings is 3. The first-order chi connectivity index (χ1) is 19.4. The summed E-state index contributed by atoms with van der Waals surface area (Å²) in [4.78, 5) is 36.2. The lowest BCUT2D eigenvalue weighted by Gasteiger charge is -2.15. The molecule has 0 spiro atoms. The van der Waals surface area contributed by atoms with Gasteiger partial charge in [0.15, 0.2) is 0 Å². The lowest BCUT2D eigenvalue weighted by Crippen LogP contribution is -2.11. The van der Waals surface area contributed by atoms with Gasteiger partial charge in [0.25, 0.3) is 0 Å². The van der Waals surface area contributed by atoms with Gasteiger partial charge in [0.2, 0.25) is 0 Å². The van der Waals surface area contributed by atoms with Gasteiger partial charge in [-0.15, -0.1) is 0 Å². The summed E-state index contributed by atoms with van der Waals surface area (Å²) in [5.74, 6) is -2.10. The highest BCUT2D eigenvalue weighted by Gasteiger charge is 2.25. The lowest BCUT2D eigenvalue weighted by atomic mass is 9.95. The van der Waals surface area contributed by atoms with Crippen LogP contribution < -0.4 is 9.47 Å². The molecule has 0 amide bonds. The van der Waals surface area contributed by atoms with E-state index in [1.807, 2.05) is 18.2 Å². The van der Waals surface area contributed by atoms with Gasteiger partial charge in [0, 0.05) is 39.8 Å². The van der Waals surface area contributed by atoms with Gasteiger partial charge in [-0.3, -0.25) is 0 Å². The van der Waals surface area contributed by atoms with Crippen molar-refractivity contribution in [1.82, 2.24) is 0 Å². The first kappa shape index (κ1) is 29.2. The second-order valence-electron chi connectivity index (χ2n) is 10.2. The van der Waals surface area contributed by atoms with Crippen LogP contribution in [0.25, 0.3) is 22.3 Å². The summed E-state index contributed by atoms with van der Waals surface area (Å²) in [5.41, 5.74) is 4.94. The number of halogens is 1. The van der Waals surface area contributed by atoms with E-state index in [9.17, 15) is 14.4 Å². The van der Waals surface area contributed by atoms with Crippen molar-refractivity contribution in [3.05, 3.63) is 108 Å². The minimum atomic E-state index is -0.701. The zero-order chi connectivity index (χ0) is 29.8. The van der Waals surface area contributed by atoms with Crippen molar-refractivity contribution < 1.29 is 33.0 Å². The van der Waals surface area contributed by atoms with Crippen LogP contribution in [0.15, 0.2) is 91.1 Å². The van der Waals surface area contributed by atoms with Gasteiger partial charge in [0.1, 0.15) is 17.3 Å². The van der Waals surface area contributed by atoms with Gasteiger partial charge >= 0.3 is 17.9 Å². The molecule has 0 fully saturated rings. The molecule has 0 bridgehead atoms. The van der Waals surface area contributed by atoms with E-state index in [1.165, 1.54) is 43.7 Å². The molecular weight excluding hydrogens is 523 g/mol. The molecule has 6 nitrogen and oxygen atoms in total. The van der Waals surface area contributed by atoms with E-state index >= 15 is 4.39 Å². The lowest BCUT2D eigenvalue weighted by molar-refractivity contribution is -0.139.